The molecule has 0 N–H and O–H groups in total. The topological polar surface area (TPSA) is 16.4 Å². The summed E-state index contributed by atoms with van der Waals surface area (Å²) in [5.74, 6) is 0. The van der Waals surface area contributed by atoms with E-state index >= 15 is 0 Å². The highest BCUT2D eigenvalue weighted by molar-refractivity contribution is 6.10. The molecule has 0 bridgehead atoms. The predicted molar refractivity (Wildman–Crippen MR) is 252 cm³/mol. The van der Waals surface area contributed by atoms with Gasteiger partial charge in [-0.25, -0.2) is 0 Å². The number of anilines is 3. The number of benzene rings is 9. The summed E-state index contributed by atoms with van der Waals surface area (Å²) in [4.78, 5) is 2.46. The van der Waals surface area contributed by atoms with E-state index in [0.29, 0.717) is 0 Å². The zero-order valence-corrected chi connectivity index (χ0v) is 34.3. The lowest BCUT2D eigenvalue weighted by Crippen LogP contribution is -2.18. The van der Waals surface area contributed by atoms with Crippen molar-refractivity contribution in [1.82, 2.24) is 0 Å². The van der Waals surface area contributed by atoms with Crippen molar-refractivity contribution in [2.75, 3.05) is 4.90 Å². The molecule has 0 atom stereocenters. The minimum absolute atomic E-state index is 0.126. The first kappa shape index (κ1) is 34.8. The van der Waals surface area contributed by atoms with Gasteiger partial charge in [0.2, 0.25) is 0 Å². The lowest BCUT2D eigenvalue weighted by Gasteiger charge is -2.30. The van der Waals surface area contributed by atoms with Crippen molar-refractivity contribution in [3.8, 4) is 44.5 Å². The fourth-order valence-electron chi connectivity index (χ4n) is 10.7. The van der Waals surface area contributed by atoms with Crippen LogP contribution in [-0.2, 0) is 10.8 Å². The maximum absolute atomic E-state index is 6.48. The minimum atomic E-state index is -0.243. The smallest absolute Gasteiger partial charge is 0.143 e. The van der Waals surface area contributed by atoms with Crippen LogP contribution in [0.1, 0.15) is 49.9 Å². The standard InChI is InChI=1S/C58H43NO/c1-57(2)50-23-12-10-19-44(50)45-31-29-40(34-51(45)57)59(39-27-25-37(26-28-39)43-21-14-22-47-46-20-11-13-24-53(46)60-56(43)47)41-30-32-48-52(35-41)58(3,4)55-42-18-9-8-17-38(42)33-49(54(48)55)36-15-6-5-7-16-36/h5-35H,1-4H3. The van der Waals surface area contributed by atoms with Crippen molar-refractivity contribution >= 4 is 49.8 Å². The first-order valence-corrected chi connectivity index (χ1v) is 21.1. The Balaban J connectivity index is 1.04. The largest absolute Gasteiger partial charge is 0.455 e. The monoisotopic (exact) mass is 769 g/mol. The van der Waals surface area contributed by atoms with E-state index in [0.717, 1.165) is 50.1 Å². The highest BCUT2D eigenvalue weighted by Gasteiger charge is 2.40. The Kier molecular flexibility index (Phi) is 7.36. The number of hydrogen-bond acceptors (Lipinski definition) is 2. The van der Waals surface area contributed by atoms with Gasteiger partial charge in [0.15, 0.2) is 0 Å². The molecule has 2 aliphatic carbocycles. The molecule has 286 valence electrons. The quantitative estimate of drug-likeness (QED) is 0.173. The van der Waals surface area contributed by atoms with E-state index in [1.807, 2.05) is 6.07 Å². The molecule has 60 heavy (non-hydrogen) atoms. The van der Waals surface area contributed by atoms with Crippen molar-refractivity contribution in [3.05, 3.63) is 210 Å². The molecule has 0 unspecified atom stereocenters. The molecule has 9 aromatic carbocycles. The number of furan rings is 1. The molecule has 0 aliphatic heterocycles. The third-order valence-corrected chi connectivity index (χ3v) is 13.6. The van der Waals surface area contributed by atoms with E-state index < -0.39 is 0 Å². The molecule has 0 radical (unpaired) electrons. The maximum Gasteiger partial charge on any atom is 0.143 e. The fourth-order valence-corrected chi connectivity index (χ4v) is 10.7. The predicted octanol–water partition coefficient (Wildman–Crippen LogP) is 16.2. The first-order chi connectivity index (χ1) is 29.3. The molecule has 2 nitrogen and oxygen atoms in total. The molecular weight excluding hydrogens is 727 g/mol. The average molecular weight is 770 g/mol. The fraction of sp³-hybridized carbons (Fsp3) is 0.103. The minimum Gasteiger partial charge on any atom is -0.455 e. The second-order valence-corrected chi connectivity index (χ2v) is 17.7. The summed E-state index contributed by atoms with van der Waals surface area (Å²) < 4.78 is 6.48. The van der Waals surface area contributed by atoms with E-state index in [1.165, 1.54) is 66.4 Å². The van der Waals surface area contributed by atoms with Gasteiger partial charge >= 0.3 is 0 Å². The molecule has 0 spiro atoms. The number of fused-ring (bicyclic) bond motifs is 11. The van der Waals surface area contributed by atoms with E-state index in [9.17, 15) is 0 Å². The Hall–Kier alpha value is -7.16. The Bertz CT molecular complexity index is 3370. The molecule has 0 fully saturated rings. The van der Waals surface area contributed by atoms with Gasteiger partial charge in [0.1, 0.15) is 11.2 Å². The van der Waals surface area contributed by atoms with Gasteiger partial charge in [0.25, 0.3) is 0 Å². The van der Waals surface area contributed by atoms with Crippen LogP contribution in [0.15, 0.2) is 192 Å². The first-order valence-electron chi connectivity index (χ1n) is 21.1. The van der Waals surface area contributed by atoms with E-state index in [2.05, 4.69) is 215 Å². The Morgan fingerprint density at radius 3 is 1.77 bits per heavy atom. The summed E-state index contributed by atoms with van der Waals surface area (Å²) >= 11 is 0. The number of hydrogen-bond donors (Lipinski definition) is 0. The lowest BCUT2D eigenvalue weighted by molar-refractivity contribution is 0.660. The van der Waals surface area contributed by atoms with Crippen LogP contribution in [0.25, 0.3) is 77.2 Å². The van der Waals surface area contributed by atoms with Gasteiger partial charge in [0.05, 0.1) is 0 Å². The SMILES string of the molecule is CC1(C)c2ccccc2-c2ccc(N(c3ccc(-c4cccc5c4oc4ccccc45)cc3)c3ccc4c(c3)C(C)(C)c3c-4c(-c4ccccc4)cc4ccccc34)cc21. The van der Waals surface area contributed by atoms with Crippen molar-refractivity contribution in [3.63, 3.8) is 0 Å². The summed E-state index contributed by atoms with van der Waals surface area (Å²) in [7, 11) is 0. The van der Waals surface area contributed by atoms with Gasteiger partial charge in [-0.05, 0) is 121 Å². The van der Waals surface area contributed by atoms with Gasteiger partial charge in [-0.1, -0.05) is 167 Å². The molecule has 12 rings (SSSR count). The van der Waals surface area contributed by atoms with Crippen LogP contribution in [0.3, 0.4) is 0 Å². The van der Waals surface area contributed by atoms with Crippen LogP contribution >= 0.6 is 0 Å². The van der Waals surface area contributed by atoms with Crippen LogP contribution in [0, 0.1) is 0 Å². The summed E-state index contributed by atoms with van der Waals surface area (Å²) in [6.07, 6.45) is 0. The maximum atomic E-state index is 6.48. The van der Waals surface area contributed by atoms with Crippen LogP contribution < -0.4 is 4.90 Å². The van der Waals surface area contributed by atoms with E-state index in [-0.39, 0.29) is 10.8 Å². The van der Waals surface area contributed by atoms with Crippen molar-refractivity contribution in [2.24, 2.45) is 0 Å². The molecule has 0 saturated carbocycles. The van der Waals surface area contributed by atoms with E-state index in [1.54, 1.807) is 0 Å². The van der Waals surface area contributed by atoms with Crippen LogP contribution in [0.5, 0.6) is 0 Å². The molecular formula is C58H43NO. The Morgan fingerprint density at radius 2 is 0.967 bits per heavy atom. The van der Waals surface area contributed by atoms with Gasteiger partial charge in [-0.2, -0.15) is 0 Å². The van der Waals surface area contributed by atoms with Crippen molar-refractivity contribution in [2.45, 2.75) is 38.5 Å². The Morgan fingerprint density at radius 1 is 0.383 bits per heavy atom. The van der Waals surface area contributed by atoms with Crippen molar-refractivity contribution in [1.29, 1.82) is 0 Å². The zero-order chi connectivity index (χ0) is 40.3. The number of nitrogens with zero attached hydrogens (tertiary/aromatic N) is 1. The molecule has 10 aromatic rings. The van der Waals surface area contributed by atoms with Crippen LogP contribution in [-0.4, -0.2) is 0 Å². The number of para-hydroxylation sites is 2. The van der Waals surface area contributed by atoms with Gasteiger partial charge in [-0.15, -0.1) is 0 Å². The average Bonchev–Trinajstić information content (AvgIpc) is 3.87. The molecule has 1 aromatic heterocycles. The van der Waals surface area contributed by atoms with E-state index in [4.69, 9.17) is 4.42 Å². The summed E-state index contributed by atoms with van der Waals surface area (Å²) in [5, 5.41) is 4.88. The number of rotatable bonds is 5. The molecule has 0 amide bonds. The summed E-state index contributed by atoms with van der Waals surface area (Å²) in [5.41, 5.74) is 20.4. The molecule has 1 heterocycles. The highest BCUT2D eigenvalue weighted by atomic mass is 16.3. The Labute approximate surface area is 351 Å². The van der Waals surface area contributed by atoms with Crippen molar-refractivity contribution < 1.29 is 4.42 Å². The molecule has 2 aliphatic rings. The highest BCUT2D eigenvalue weighted by Crippen LogP contribution is 2.57. The van der Waals surface area contributed by atoms with Crippen LogP contribution in [0.2, 0.25) is 0 Å². The van der Waals surface area contributed by atoms with Crippen LogP contribution in [0.4, 0.5) is 17.1 Å². The third kappa shape index (κ3) is 4.94. The third-order valence-electron chi connectivity index (χ3n) is 13.6. The second kappa shape index (κ2) is 12.7. The normalized spacial score (nSPS) is 14.3. The summed E-state index contributed by atoms with van der Waals surface area (Å²) in [6, 6.07) is 69.2. The second-order valence-electron chi connectivity index (χ2n) is 17.7. The summed E-state index contributed by atoms with van der Waals surface area (Å²) in [6.45, 7) is 9.55. The van der Waals surface area contributed by atoms with Gasteiger partial charge in [-0.3, -0.25) is 0 Å². The lowest BCUT2D eigenvalue weighted by atomic mass is 9.79. The van der Waals surface area contributed by atoms with Gasteiger partial charge in [0, 0.05) is 44.2 Å². The zero-order valence-electron chi connectivity index (χ0n) is 34.3. The molecule has 2 heteroatoms. The molecule has 0 saturated heterocycles. The van der Waals surface area contributed by atoms with Gasteiger partial charge < -0.3 is 9.32 Å².